The molecule has 0 bridgehead atoms. The highest BCUT2D eigenvalue weighted by molar-refractivity contribution is 7.89. The highest BCUT2D eigenvalue weighted by atomic mass is 32.2. The lowest BCUT2D eigenvalue weighted by Crippen LogP contribution is -2.33. The quantitative estimate of drug-likeness (QED) is 0.878. The number of hydrogen-bond acceptors (Lipinski definition) is 4. The SMILES string of the molecule is N#Cc1cccc(S(=O)(=O)NCC2CCCC(O)C2)c1. The number of nitrogens with zero attached hydrogens (tertiary/aromatic N) is 1. The van der Waals surface area contributed by atoms with Crippen molar-refractivity contribution in [3.05, 3.63) is 29.8 Å². The van der Waals surface area contributed by atoms with Gasteiger partial charge in [0.15, 0.2) is 0 Å². The molecule has 0 radical (unpaired) electrons. The molecule has 0 saturated heterocycles. The Morgan fingerprint density at radius 3 is 2.90 bits per heavy atom. The zero-order valence-corrected chi connectivity index (χ0v) is 11.9. The molecule has 1 aromatic carbocycles. The minimum Gasteiger partial charge on any atom is -0.393 e. The first-order chi connectivity index (χ1) is 9.51. The Hall–Kier alpha value is -1.42. The molecule has 0 aromatic heterocycles. The van der Waals surface area contributed by atoms with Crippen LogP contribution in [0.3, 0.4) is 0 Å². The number of rotatable bonds is 4. The molecule has 108 valence electrons. The summed E-state index contributed by atoms with van der Waals surface area (Å²) >= 11 is 0. The third-order valence-electron chi connectivity index (χ3n) is 3.59. The third kappa shape index (κ3) is 3.79. The van der Waals surface area contributed by atoms with Crippen LogP contribution in [-0.4, -0.2) is 26.2 Å². The van der Waals surface area contributed by atoms with Crippen LogP contribution in [0.15, 0.2) is 29.2 Å². The number of hydrogen-bond donors (Lipinski definition) is 2. The molecule has 2 atom stereocenters. The van der Waals surface area contributed by atoms with Crippen LogP contribution in [0.2, 0.25) is 0 Å². The van der Waals surface area contributed by atoms with Crippen molar-refractivity contribution < 1.29 is 13.5 Å². The van der Waals surface area contributed by atoms with E-state index in [1.54, 1.807) is 12.1 Å². The van der Waals surface area contributed by atoms with Gasteiger partial charge in [0.1, 0.15) is 0 Å². The van der Waals surface area contributed by atoms with Crippen molar-refractivity contribution in [1.82, 2.24) is 4.72 Å². The zero-order chi connectivity index (χ0) is 14.6. The van der Waals surface area contributed by atoms with Gasteiger partial charge in [-0.15, -0.1) is 0 Å². The molecule has 0 heterocycles. The predicted octanol–water partition coefficient (Wildman–Crippen LogP) is 1.39. The molecular formula is C14H18N2O3S. The second-order valence-corrected chi connectivity index (χ2v) is 6.94. The predicted molar refractivity (Wildman–Crippen MR) is 74.3 cm³/mol. The largest absolute Gasteiger partial charge is 0.393 e. The molecule has 0 aliphatic heterocycles. The van der Waals surface area contributed by atoms with Gasteiger partial charge in [0.2, 0.25) is 10.0 Å². The van der Waals surface area contributed by atoms with Crippen LogP contribution < -0.4 is 4.72 Å². The molecule has 5 nitrogen and oxygen atoms in total. The summed E-state index contributed by atoms with van der Waals surface area (Å²) in [4.78, 5) is 0.105. The summed E-state index contributed by atoms with van der Waals surface area (Å²) in [6, 6.07) is 7.87. The lowest BCUT2D eigenvalue weighted by atomic mass is 9.87. The molecule has 1 aromatic rings. The van der Waals surface area contributed by atoms with Gasteiger partial charge in [-0.05, 0) is 43.4 Å². The Balaban J connectivity index is 2.02. The van der Waals surface area contributed by atoms with E-state index >= 15 is 0 Å². The molecule has 6 heteroatoms. The van der Waals surface area contributed by atoms with Crippen molar-refractivity contribution in [1.29, 1.82) is 5.26 Å². The number of aliphatic hydroxyl groups is 1. The summed E-state index contributed by atoms with van der Waals surface area (Å²) in [5.74, 6) is 0.174. The Morgan fingerprint density at radius 2 is 2.20 bits per heavy atom. The Labute approximate surface area is 119 Å². The van der Waals surface area contributed by atoms with E-state index < -0.39 is 10.0 Å². The first-order valence-corrected chi connectivity index (χ1v) is 8.17. The molecule has 1 fully saturated rings. The summed E-state index contributed by atoms with van der Waals surface area (Å²) in [5.41, 5.74) is 0.320. The lowest BCUT2D eigenvalue weighted by molar-refractivity contribution is 0.102. The molecule has 1 aliphatic carbocycles. The molecule has 20 heavy (non-hydrogen) atoms. The van der Waals surface area contributed by atoms with E-state index in [0.717, 1.165) is 19.3 Å². The third-order valence-corrected chi connectivity index (χ3v) is 5.01. The Morgan fingerprint density at radius 1 is 1.40 bits per heavy atom. The molecule has 2 rings (SSSR count). The Kier molecular flexibility index (Phi) is 4.76. The maximum absolute atomic E-state index is 12.1. The van der Waals surface area contributed by atoms with Gasteiger partial charge in [-0.2, -0.15) is 5.26 Å². The highest BCUT2D eigenvalue weighted by Crippen LogP contribution is 2.24. The van der Waals surface area contributed by atoms with Crippen LogP contribution in [0.5, 0.6) is 0 Å². The standard InChI is InChI=1S/C14H18N2O3S/c15-9-11-3-2-6-14(8-11)20(18,19)16-10-12-4-1-5-13(17)7-12/h2-3,6,8,12-13,16-17H,1,4-5,7,10H2. The van der Waals surface area contributed by atoms with Crippen LogP contribution in [0.25, 0.3) is 0 Å². The zero-order valence-electron chi connectivity index (χ0n) is 11.1. The lowest BCUT2D eigenvalue weighted by Gasteiger charge is -2.25. The minimum absolute atomic E-state index is 0.105. The maximum Gasteiger partial charge on any atom is 0.240 e. The van der Waals surface area contributed by atoms with Crippen LogP contribution in [0, 0.1) is 17.2 Å². The normalized spacial score (nSPS) is 23.2. The highest BCUT2D eigenvalue weighted by Gasteiger charge is 2.22. The topological polar surface area (TPSA) is 90.2 Å². The first kappa shape index (κ1) is 15.0. The van der Waals surface area contributed by atoms with Gasteiger partial charge in [-0.1, -0.05) is 12.5 Å². The molecule has 0 amide bonds. The van der Waals surface area contributed by atoms with Crippen molar-refractivity contribution in [2.24, 2.45) is 5.92 Å². The molecule has 2 unspecified atom stereocenters. The number of benzene rings is 1. The second-order valence-electron chi connectivity index (χ2n) is 5.18. The summed E-state index contributed by atoms with van der Waals surface area (Å²) in [6.07, 6.45) is 2.98. The van der Waals surface area contributed by atoms with E-state index in [4.69, 9.17) is 5.26 Å². The molecular weight excluding hydrogens is 276 g/mol. The smallest absolute Gasteiger partial charge is 0.240 e. The van der Waals surface area contributed by atoms with Crippen LogP contribution in [-0.2, 0) is 10.0 Å². The van der Waals surface area contributed by atoms with E-state index in [1.807, 2.05) is 6.07 Å². The van der Waals surface area contributed by atoms with Crippen LogP contribution in [0.4, 0.5) is 0 Å². The van der Waals surface area contributed by atoms with Gasteiger partial charge in [0, 0.05) is 6.54 Å². The van der Waals surface area contributed by atoms with Gasteiger partial charge < -0.3 is 5.11 Å². The van der Waals surface area contributed by atoms with Gasteiger partial charge in [-0.25, -0.2) is 13.1 Å². The minimum atomic E-state index is -3.59. The maximum atomic E-state index is 12.1. The molecule has 1 aliphatic rings. The van der Waals surface area contributed by atoms with Crippen molar-refractivity contribution in [3.63, 3.8) is 0 Å². The fourth-order valence-electron chi connectivity index (χ4n) is 2.49. The molecule has 0 spiro atoms. The van der Waals surface area contributed by atoms with Gasteiger partial charge in [-0.3, -0.25) is 0 Å². The van der Waals surface area contributed by atoms with Crippen LogP contribution in [0.1, 0.15) is 31.2 Å². The van der Waals surface area contributed by atoms with Crippen molar-refractivity contribution >= 4 is 10.0 Å². The van der Waals surface area contributed by atoms with Gasteiger partial charge >= 0.3 is 0 Å². The molecule has 1 saturated carbocycles. The van der Waals surface area contributed by atoms with Crippen molar-refractivity contribution in [2.75, 3.05) is 6.54 Å². The number of sulfonamides is 1. The average molecular weight is 294 g/mol. The molecule has 2 N–H and O–H groups in total. The number of nitrogens with one attached hydrogen (secondary N) is 1. The van der Waals surface area contributed by atoms with E-state index in [-0.39, 0.29) is 16.9 Å². The fourth-order valence-corrected chi connectivity index (χ4v) is 3.65. The first-order valence-electron chi connectivity index (χ1n) is 6.69. The monoisotopic (exact) mass is 294 g/mol. The number of aliphatic hydroxyl groups excluding tert-OH is 1. The van der Waals surface area contributed by atoms with Gasteiger partial charge in [0.05, 0.1) is 22.6 Å². The van der Waals surface area contributed by atoms with E-state index in [0.29, 0.717) is 18.5 Å². The van der Waals surface area contributed by atoms with E-state index in [9.17, 15) is 13.5 Å². The second kappa shape index (κ2) is 6.35. The van der Waals surface area contributed by atoms with E-state index in [1.165, 1.54) is 12.1 Å². The summed E-state index contributed by atoms with van der Waals surface area (Å²) < 4.78 is 26.9. The summed E-state index contributed by atoms with van der Waals surface area (Å²) in [6.45, 7) is 0.330. The average Bonchev–Trinajstić information content (AvgIpc) is 2.45. The number of nitriles is 1. The van der Waals surface area contributed by atoms with Crippen molar-refractivity contribution in [3.8, 4) is 6.07 Å². The summed E-state index contributed by atoms with van der Waals surface area (Å²) in [5, 5.41) is 18.4. The fraction of sp³-hybridized carbons (Fsp3) is 0.500. The van der Waals surface area contributed by atoms with Crippen molar-refractivity contribution in [2.45, 2.75) is 36.7 Å². The van der Waals surface area contributed by atoms with E-state index in [2.05, 4.69) is 4.72 Å². The summed E-state index contributed by atoms with van der Waals surface area (Å²) in [7, 11) is -3.59. The Bertz CT molecular complexity index is 607. The van der Waals surface area contributed by atoms with Crippen LogP contribution >= 0.6 is 0 Å². The van der Waals surface area contributed by atoms with Gasteiger partial charge in [0.25, 0.3) is 0 Å².